The van der Waals surface area contributed by atoms with Crippen LogP contribution in [-0.2, 0) is 18.9 Å². The average Bonchev–Trinajstić information content (AvgIpc) is 2.96. The van der Waals surface area contributed by atoms with E-state index in [4.69, 9.17) is 23.9 Å². The number of nitrogens with one attached hydrogen (secondary N) is 1. The van der Waals surface area contributed by atoms with Gasteiger partial charge in [0.05, 0.1) is 52.9 Å². The van der Waals surface area contributed by atoms with Crippen LogP contribution in [0.25, 0.3) is 0 Å². The van der Waals surface area contributed by atoms with Crippen LogP contribution in [0.15, 0.2) is 41.2 Å². The smallest absolute Gasteiger partial charge is 0.137 e. The van der Waals surface area contributed by atoms with Crippen molar-refractivity contribution in [3.05, 3.63) is 36.2 Å². The lowest BCUT2D eigenvalue weighted by molar-refractivity contribution is 0.0253. The molecule has 0 aliphatic carbocycles. The number of hydrogen-bond acceptors (Lipinski definition) is 8. The first-order valence-corrected chi connectivity index (χ1v) is 11.4. The molecule has 0 aromatic heterocycles. The Morgan fingerprint density at radius 3 is 2.00 bits per heavy atom. The van der Waals surface area contributed by atoms with Crippen LogP contribution in [-0.4, -0.2) is 108 Å². The zero-order chi connectivity index (χ0) is 22.2. The number of likely N-dealkylation sites (N-methyl/N-ethyl adjacent to an activating group) is 1. The highest BCUT2D eigenvalue weighted by atomic mass is 16.5. The average molecular weight is 437 g/mol. The molecule has 8 nitrogen and oxygen atoms in total. The molecule has 2 aliphatic rings. The minimum Gasteiger partial charge on any atom is -0.378 e. The van der Waals surface area contributed by atoms with Crippen molar-refractivity contribution in [3.63, 3.8) is 0 Å². The normalized spacial score (nSPS) is 21.5. The summed E-state index contributed by atoms with van der Waals surface area (Å²) in [5.74, 6) is 1.82. The summed E-state index contributed by atoms with van der Waals surface area (Å²) in [5.41, 5.74) is 0.924. The van der Waals surface area contributed by atoms with Gasteiger partial charge in [0.25, 0.3) is 0 Å². The fourth-order valence-corrected chi connectivity index (χ4v) is 3.26. The van der Waals surface area contributed by atoms with E-state index in [9.17, 15) is 0 Å². The van der Waals surface area contributed by atoms with Crippen molar-refractivity contribution >= 4 is 5.84 Å². The Morgan fingerprint density at radius 1 is 0.903 bits per heavy atom. The molecule has 0 radical (unpaired) electrons. The Labute approximate surface area is 187 Å². The molecule has 2 heterocycles. The third kappa shape index (κ3) is 9.97. The molecule has 0 bridgehead atoms. The molecule has 0 aromatic carbocycles. The van der Waals surface area contributed by atoms with Gasteiger partial charge in [-0.3, -0.25) is 0 Å². The summed E-state index contributed by atoms with van der Waals surface area (Å²) in [6.45, 7) is 18.2. The molecule has 8 heteroatoms. The number of aliphatic imine (C=N–C) groups is 1. The maximum absolute atomic E-state index is 5.80. The molecule has 2 rings (SSSR count). The minimum atomic E-state index is 0.581. The maximum Gasteiger partial charge on any atom is 0.137 e. The van der Waals surface area contributed by atoms with Crippen LogP contribution in [0.2, 0.25) is 0 Å². The summed E-state index contributed by atoms with van der Waals surface area (Å²) in [6.07, 6.45) is 6.07. The van der Waals surface area contributed by atoms with E-state index in [1.54, 1.807) is 0 Å². The molecular weight excluding hydrogens is 396 g/mol. The van der Waals surface area contributed by atoms with Gasteiger partial charge in [-0.05, 0) is 19.9 Å². The van der Waals surface area contributed by atoms with Crippen molar-refractivity contribution in [2.24, 2.45) is 4.99 Å². The minimum absolute atomic E-state index is 0.581. The Morgan fingerprint density at radius 2 is 1.45 bits per heavy atom. The van der Waals surface area contributed by atoms with Crippen LogP contribution in [0.5, 0.6) is 0 Å². The van der Waals surface area contributed by atoms with Crippen molar-refractivity contribution < 1.29 is 18.9 Å². The van der Waals surface area contributed by atoms with Gasteiger partial charge in [0, 0.05) is 44.8 Å². The van der Waals surface area contributed by atoms with Crippen molar-refractivity contribution in [1.29, 1.82) is 0 Å². The van der Waals surface area contributed by atoms with Gasteiger partial charge in [-0.2, -0.15) is 0 Å². The number of nitrogens with zero attached hydrogens (tertiary/aromatic N) is 3. The van der Waals surface area contributed by atoms with E-state index in [-0.39, 0.29) is 0 Å². The molecule has 176 valence electrons. The van der Waals surface area contributed by atoms with E-state index in [0.717, 1.165) is 56.5 Å². The molecule has 0 spiro atoms. The van der Waals surface area contributed by atoms with Gasteiger partial charge in [-0.25, -0.2) is 4.99 Å². The lowest BCUT2D eigenvalue weighted by atomic mass is 10.2. The van der Waals surface area contributed by atoms with E-state index in [2.05, 4.69) is 35.5 Å². The van der Waals surface area contributed by atoms with Crippen molar-refractivity contribution in [2.45, 2.75) is 13.8 Å². The second kappa shape index (κ2) is 16.0. The maximum atomic E-state index is 5.80. The van der Waals surface area contributed by atoms with Crippen LogP contribution >= 0.6 is 0 Å². The van der Waals surface area contributed by atoms with Gasteiger partial charge < -0.3 is 34.1 Å². The summed E-state index contributed by atoms with van der Waals surface area (Å²) >= 11 is 0. The monoisotopic (exact) mass is 436 g/mol. The predicted octanol–water partition coefficient (Wildman–Crippen LogP) is 1.67. The first-order valence-electron chi connectivity index (χ1n) is 11.4. The number of hydrogen-bond donors (Lipinski definition) is 1. The van der Waals surface area contributed by atoms with Gasteiger partial charge in [0.15, 0.2) is 0 Å². The van der Waals surface area contributed by atoms with Gasteiger partial charge in [0.1, 0.15) is 11.7 Å². The van der Waals surface area contributed by atoms with E-state index in [1.807, 2.05) is 18.2 Å². The van der Waals surface area contributed by atoms with Crippen LogP contribution in [0.3, 0.4) is 0 Å². The number of rotatable bonds is 3. The molecule has 0 unspecified atom stereocenters. The largest absolute Gasteiger partial charge is 0.378 e. The summed E-state index contributed by atoms with van der Waals surface area (Å²) < 4.78 is 22.8. The Balaban J connectivity index is 2.02. The van der Waals surface area contributed by atoms with Crippen molar-refractivity contribution in [1.82, 2.24) is 15.1 Å². The van der Waals surface area contributed by atoms with Crippen LogP contribution in [0.4, 0.5) is 0 Å². The van der Waals surface area contributed by atoms with Gasteiger partial charge >= 0.3 is 0 Å². The molecule has 2 aliphatic heterocycles. The molecule has 1 fully saturated rings. The van der Waals surface area contributed by atoms with E-state index >= 15 is 0 Å². The molecule has 0 atom stereocenters. The highest BCUT2D eigenvalue weighted by Crippen LogP contribution is 2.16. The van der Waals surface area contributed by atoms with Crippen LogP contribution in [0.1, 0.15) is 13.8 Å². The van der Waals surface area contributed by atoms with Crippen LogP contribution in [0, 0.1) is 0 Å². The van der Waals surface area contributed by atoms with Gasteiger partial charge in [-0.1, -0.05) is 18.7 Å². The Kier molecular flexibility index (Phi) is 13.2. The van der Waals surface area contributed by atoms with Crippen molar-refractivity contribution in [3.8, 4) is 0 Å². The fourth-order valence-electron chi connectivity index (χ4n) is 3.26. The fraction of sp³-hybridized carbons (Fsp3) is 0.696. The van der Waals surface area contributed by atoms with E-state index in [1.165, 1.54) is 0 Å². The molecule has 0 amide bonds. The summed E-state index contributed by atoms with van der Waals surface area (Å²) in [7, 11) is 0. The molecular formula is C23H40N4O4. The van der Waals surface area contributed by atoms with Gasteiger partial charge in [-0.15, -0.1) is 0 Å². The van der Waals surface area contributed by atoms with Crippen LogP contribution < -0.4 is 5.32 Å². The predicted molar refractivity (Wildman–Crippen MR) is 124 cm³/mol. The first kappa shape index (κ1) is 25.5. The highest BCUT2D eigenvalue weighted by molar-refractivity contribution is 6.01. The first-order chi connectivity index (χ1) is 15.3. The Bertz CT molecular complexity index is 584. The summed E-state index contributed by atoms with van der Waals surface area (Å²) in [6, 6.07) is 0. The van der Waals surface area contributed by atoms with Gasteiger partial charge in [0.2, 0.25) is 0 Å². The second-order valence-corrected chi connectivity index (χ2v) is 7.20. The zero-order valence-corrected chi connectivity index (χ0v) is 19.3. The number of ether oxygens (including phenoxy) is 4. The van der Waals surface area contributed by atoms with E-state index in [0.29, 0.717) is 52.9 Å². The summed E-state index contributed by atoms with van der Waals surface area (Å²) in [5, 5.41) is 3.29. The summed E-state index contributed by atoms with van der Waals surface area (Å²) in [4.78, 5) is 9.41. The molecule has 31 heavy (non-hydrogen) atoms. The molecule has 1 N–H and O–H groups in total. The molecule has 1 saturated heterocycles. The van der Waals surface area contributed by atoms with E-state index < -0.39 is 0 Å². The number of allylic oxidation sites excluding steroid dienone is 2. The molecule has 0 aromatic rings. The second-order valence-electron chi connectivity index (χ2n) is 7.20. The Hall–Kier alpha value is -1.71. The highest BCUT2D eigenvalue weighted by Gasteiger charge is 2.16. The standard InChI is InChI=1S/C23H40N4O4/c1-4-26(5-2)23-21(3)7-6-8-22(25-23)27-11-15-30-19-17-28-13-9-24-10-14-29-18-20-31-16-12-27/h6-8,24H,3-5,9-20H2,1-2H3. The molecule has 0 saturated carbocycles. The SMILES string of the molecule is C=C1C=CC=C(N2CCOCCOCCNCCOCCOCC2)N=C1N(CC)CC. The number of amidine groups is 1. The quantitative estimate of drug-likeness (QED) is 0.722. The van der Waals surface area contributed by atoms with Crippen molar-refractivity contribution in [2.75, 3.05) is 92.1 Å². The lowest BCUT2D eigenvalue weighted by Gasteiger charge is -2.28. The third-order valence-corrected chi connectivity index (χ3v) is 5.04. The lowest BCUT2D eigenvalue weighted by Crippen LogP contribution is -2.34. The topological polar surface area (TPSA) is 67.8 Å². The zero-order valence-electron chi connectivity index (χ0n) is 19.3. The third-order valence-electron chi connectivity index (χ3n) is 5.04.